The highest BCUT2D eigenvalue weighted by Crippen LogP contribution is 2.47. The van der Waals surface area contributed by atoms with Gasteiger partial charge in [0.15, 0.2) is 0 Å². The van der Waals surface area contributed by atoms with Crippen LogP contribution in [-0.2, 0) is 4.74 Å². The number of hydrogen-bond acceptors (Lipinski definition) is 1. The number of epoxide rings is 1. The van der Waals surface area contributed by atoms with E-state index in [9.17, 15) is 0 Å². The van der Waals surface area contributed by atoms with Crippen LogP contribution in [0.5, 0.6) is 0 Å². The standard InChI is InChI=1S/C10H18O/c1-2-10(9-8-11-9)6-4-3-5-7-10/h9H,2-8H2,1H3. The van der Waals surface area contributed by atoms with Gasteiger partial charge < -0.3 is 4.74 Å². The highest BCUT2D eigenvalue weighted by molar-refractivity contribution is 4.94. The van der Waals surface area contributed by atoms with Gasteiger partial charge in [0, 0.05) is 0 Å². The summed E-state index contributed by atoms with van der Waals surface area (Å²) in [6.45, 7) is 3.38. The van der Waals surface area contributed by atoms with Gasteiger partial charge in [-0.3, -0.25) is 0 Å². The summed E-state index contributed by atoms with van der Waals surface area (Å²) in [5.41, 5.74) is 0.609. The largest absolute Gasteiger partial charge is 0.373 e. The van der Waals surface area contributed by atoms with E-state index in [0.29, 0.717) is 11.5 Å². The Hall–Kier alpha value is -0.0400. The zero-order valence-electron chi connectivity index (χ0n) is 7.44. The molecule has 64 valence electrons. The fraction of sp³-hybridized carbons (Fsp3) is 1.00. The molecule has 1 heteroatoms. The Morgan fingerprint density at radius 3 is 2.36 bits per heavy atom. The fourth-order valence-electron chi connectivity index (χ4n) is 2.56. The summed E-state index contributed by atoms with van der Waals surface area (Å²) in [6.07, 6.45) is 9.16. The maximum atomic E-state index is 5.44. The third kappa shape index (κ3) is 1.31. The maximum absolute atomic E-state index is 5.44. The van der Waals surface area contributed by atoms with E-state index < -0.39 is 0 Å². The summed E-state index contributed by atoms with van der Waals surface area (Å²) in [6, 6.07) is 0. The van der Waals surface area contributed by atoms with Crippen molar-refractivity contribution in [2.75, 3.05) is 6.61 Å². The molecule has 0 bridgehead atoms. The van der Waals surface area contributed by atoms with Crippen LogP contribution in [0.1, 0.15) is 45.4 Å². The summed E-state index contributed by atoms with van der Waals surface area (Å²) in [7, 11) is 0. The van der Waals surface area contributed by atoms with Crippen molar-refractivity contribution in [3.8, 4) is 0 Å². The first-order chi connectivity index (χ1) is 5.37. The molecular formula is C10H18O. The average Bonchev–Trinajstić information content (AvgIpc) is 2.88. The topological polar surface area (TPSA) is 12.5 Å². The van der Waals surface area contributed by atoms with Crippen LogP contribution < -0.4 is 0 Å². The molecule has 1 saturated heterocycles. The Morgan fingerprint density at radius 2 is 1.91 bits per heavy atom. The quantitative estimate of drug-likeness (QED) is 0.557. The van der Waals surface area contributed by atoms with E-state index in [2.05, 4.69) is 6.92 Å². The van der Waals surface area contributed by atoms with Crippen molar-refractivity contribution in [1.29, 1.82) is 0 Å². The lowest BCUT2D eigenvalue weighted by Crippen LogP contribution is -2.29. The van der Waals surface area contributed by atoms with Gasteiger partial charge in [0.1, 0.15) is 0 Å². The molecule has 1 aliphatic heterocycles. The minimum atomic E-state index is 0.609. The monoisotopic (exact) mass is 154 g/mol. The van der Waals surface area contributed by atoms with Crippen molar-refractivity contribution in [3.63, 3.8) is 0 Å². The maximum Gasteiger partial charge on any atom is 0.0865 e. The molecule has 0 radical (unpaired) electrons. The molecule has 1 saturated carbocycles. The van der Waals surface area contributed by atoms with Crippen LogP contribution in [0.25, 0.3) is 0 Å². The van der Waals surface area contributed by atoms with Crippen LogP contribution in [0.3, 0.4) is 0 Å². The molecular weight excluding hydrogens is 136 g/mol. The van der Waals surface area contributed by atoms with E-state index in [-0.39, 0.29) is 0 Å². The lowest BCUT2D eigenvalue weighted by Gasteiger charge is -2.35. The average molecular weight is 154 g/mol. The van der Waals surface area contributed by atoms with E-state index in [4.69, 9.17) is 4.74 Å². The fourth-order valence-corrected chi connectivity index (χ4v) is 2.56. The molecule has 2 rings (SSSR count). The lowest BCUT2D eigenvalue weighted by atomic mass is 9.70. The molecule has 0 spiro atoms. The van der Waals surface area contributed by atoms with Crippen LogP contribution in [0, 0.1) is 5.41 Å². The summed E-state index contributed by atoms with van der Waals surface area (Å²) in [4.78, 5) is 0. The second kappa shape index (κ2) is 2.78. The van der Waals surface area contributed by atoms with Gasteiger partial charge in [0.2, 0.25) is 0 Å². The first kappa shape index (κ1) is 7.60. The molecule has 1 heterocycles. The smallest absolute Gasteiger partial charge is 0.0865 e. The number of rotatable bonds is 2. The highest BCUT2D eigenvalue weighted by atomic mass is 16.6. The van der Waals surface area contributed by atoms with Crippen molar-refractivity contribution in [2.24, 2.45) is 5.41 Å². The molecule has 1 unspecified atom stereocenters. The first-order valence-electron chi connectivity index (χ1n) is 4.99. The van der Waals surface area contributed by atoms with Gasteiger partial charge in [0.25, 0.3) is 0 Å². The molecule has 0 aromatic carbocycles. The molecule has 11 heavy (non-hydrogen) atoms. The molecule has 2 fully saturated rings. The van der Waals surface area contributed by atoms with E-state index in [1.54, 1.807) is 0 Å². The summed E-state index contributed by atoms with van der Waals surface area (Å²) >= 11 is 0. The Labute approximate surface area is 69.1 Å². The van der Waals surface area contributed by atoms with Gasteiger partial charge in [-0.25, -0.2) is 0 Å². The van der Waals surface area contributed by atoms with Crippen LogP contribution in [0.4, 0.5) is 0 Å². The van der Waals surface area contributed by atoms with Crippen LogP contribution in [0.2, 0.25) is 0 Å². The third-order valence-corrected chi connectivity index (χ3v) is 3.57. The van der Waals surface area contributed by atoms with Crippen LogP contribution in [0.15, 0.2) is 0 Å². The van der Waals surface area contributed by atoms with E-state index in [1.165, 1.54) is 38.5 Å². The van der Waals surface area contributed by atoms with Gasteiger partial charge in [-0.1, -0.05) is 26.2 Å². The predicted octanol–water partition coefficient (Wildman–Crippen LogP) is 2.75. The third-order valence-electron chi connectivity index (χ3n) is 3.57. The predicted molar refractivity (Wildman–Crippen MR) is 45.5 cm³/mol. The molecule has 1 atom stereocenters. The van der Waals surface area contributed by atoms with Crippen molar-refractivity contribution < 1.29 is 4.74 Å². The van der Waals surface area contributed by atoms with Crippen molar-refractivity contribution >= 4 is 0 Å². The minimum Gasteiger partial charge on any atom is -0.373 e. The summed E-state index contributed by atoms with van der Waals surface area (Å²) < 4.78 is 5.44. The Balaban J connectivity index is 2.01. The van der Waals surface area contributed by atoms with E-state index >= 15 is 0 Å². The minimum absolute atomic E-state index is 0.609. The molecule has 0 amide bonds. The number of hydrogen-bond donors (Lipinski definition) is 0. The normalized spacial score (nSPS) is 35.2. The Morgan fingerprint density at radius 1 is 1.27 bits per heavy atom. The molecule has 0 aromatic heterocycles. The van der Waals surface area contributed by atoms with Gasteiger partial charge in [-0.15, -0.1) is 0 Å². The second-order valence-corrected chi connectivity index (χ2v) is 4.10. The second-order valence-electron chi connectivity index (χ2n) is 4.10. The first-order valence-corrected chi connectivity index (χ1v) is 4.99. The van der Waals surface area contributed by atoms with Crippen LogP contribution in [-0.4, -0.2) is 12.7 Å². The molecule has 0 N–H and O–H groups in total. The zero-order valence-corrected chi connectivity index (χ0v) is 7.44. The summed E-state index contributed by atoms with van der Waals surface area (Å²) in [5, 5.41) is 0. The van der Waals surface area contributed by atoms with E-state index in [1.807, 2.05) is 0 Å². The van der Waals surface area contributed by atoms with Gasteiger partial charge >= 0.3 is 0 Å². The van der Waals surface area contributed by atoms with Crippen molar-refractivity contribution in [1.82, 2.24) is 0 Å². The van der Waals surface area contributed by atoms with Crippen LogP contribution >= 0.6 is 0 Å². The van der Waals surface area contributed by atoms with Crippen molar-refractivity contribution in [2.45, 2.75) is 51.6 Å². The molecule has 2 aliphatic rings. The molecule has 1 aliphatic carbocycles. The Bertz CT molecular complexity index is 132. The molecule has 0 aromatic rings. The Kier molecular flexibility index (Phi) is 1.92. The SMILES string of the molecule is CCC1(C2CO2)CCCCC1. The van der Waals surface area contributed by atoms with Gasteiger partial charge in [-0.2, -0.15) is 0 Å². The van der Waals surface area contributed by atoms with E-state index in [0.717, 1.165) is 6.61 Å². The van der Waals surface area contributed by atoms with Crippen molar-refractivity contribution in [3.05, 3.63) is 0 Å². The highest BCUT2D eigenvalue weighted by Gasteiger charge is 2.45. The molecule has 1 nitrogen and oxygen atoms in total. The van der Waals surface area contributed by atoms with Gasteiger partial charge in [-0.05, 0) is 24.7 Å². The van der Waals surface area contributed by atoms with Gasteiger partial charge in [0.05, 0.1) is 12.7 Å². The zero-order chi connectivity index (χ0) is 7.73. The summed E-state index contributed by atoms with van der Waals surface area (Å²) in [5.74, 6) is 0. The number of ether oxygens (including phenoxy) is 1. The lowest BCUT2D eigenvalue weighted by molar-refractivity contribution is 0.126.